The Kier molecular flexibility index (Phi) is 4.03. The van der Waals surface area contributed by atoms with E-state index in [1.807, 2.05) is 18.2 Å². The van der Waals surface area contributed by atoms with Gasteiger partial charge in [-0.2, -0.15) is 5.26 Å². The fourth-order valence-corrected chi connectivity index (χ4v) is 2.84. The number of nitrogens with one attached hydrogen (secondary N) is 1. The summed E-state index contributed by atoms with van der Waals surface area (Å²) in [6.07, 6.45) is 2.61. The lowest BCUT2D eigenvalue weighted by Gasteiger charge is -2.24. The van der Waals surface area contributed by atoms with Crippen LogP contribution in [-0.4, -0.2) is 0 Å². The van der Waals surface area contributed by atoms with Crippen molar-refractivity contribution in [3.05, 3.63) is 71.3 Å². The first-order valence-corrected chi connectivity index (χ1v) is 7.59. The molecule has 2 unspecified atom stereocenters. The highest BCUT2D eigenvalue weighted by atomic mass is 15.0. The lowest BCUT2D eigenvalue weighted by molar-refractivity contribution is 0.427. The van der Waals surface area contributed by atoms with Gasteiger partial charge < -0.3 is 5.32 Å². The second-order valence-electron chi connectivity index (χ2n) is 5.85. The molecule has 106 valence electrons. The molecule has 0 bridgehead atoms. The van der Waals surface area contributed by atoms with Crippen molar-refractivity contribution in [1.82, 2.24) is 5.32 Å². The fraction of sp³-hybridized carbons (Fsp3) is 0.316. The normalized spacial score (nSPS) is 17.0. The summed E-state index contributed by atoms with van der Waals surface area (Å²) in [7, 11) is 0. The summed E-state index contributed by atoms with van der Waals surface area (Å²) in [6.45, 7) is 2.18. The molecule has 1 aliphatic rings. The minimum Gasteiger partial charge on any atom is -0.303 e. The maximum atomic E-state index is 9.03. The van der Waals surface area contributed by atoms with Crippen LogP contribution >= 0.6 is 0 Å². The molecule has 21 heavy (non-hydrogen) atoms. The van der Waals surface area contributed by atoms with Crippen molar-refractivity contribution in [3.8, 4) is 6.07 Å². The zero-order chi connectivity index (χ0) is 14.7. The first-order valence-electron chi connectivity index (χ1n) is 7.59. The molecule has 2 aromatic rings. The lowest BCUT2D eigenvalue weighted by Crippen LogP contribution is -2.26. The molecule has 0 aliphatic heterocycles. The van der Waals surface area contributed by atoms with Crippen LogP contribution in [0.3, 0.4) is 0 Å². The Balaban J connectivity index is 1.78. The maximum Gasteiger partial charge on any atom is 0.0991 e. The standard InChI is InChI=1S/C19H20N2/c1-14(18-9-5-6-15(12-18)13-20)21-19(17-10-11-17)16-7-3-2-4-8-16/h2-9,12,14,17,19,21H,10-11H2,1H3. The summed E-state index contributed by atoms with van der Waals surface area (Å²) in [4.78, 5) is 0. The van der Waals surface area contributed by atoms with Crippen molar-refractivity contribution >= 4 is 0 Å². The second kappa shape index (κ2) is 6.11. The van der Waals surface area contributed by atoms with Crippen LogP contribution in [0.15, 0.2) is 54.6 Å². The topological polar surface area (TPSA) is 35.8 Å². The van der Waals surface area contributed by atoms with Crippen LogP contribution in [0.5, 0.6) is 0 Å². The largest absolute Gasteiger partial charge is 0.303 e. The molecule has 2 aromatic carbocycles. The van der Waals surface area contributed by atoms with Crippen molar-refractivity contribution < 1.29 is 0 Å². The second-order valence-corrected chi connectivity index (χ2v) is 5.85. The molecule has 3 rings (SSSR count). The molecule has 0 spiro atoms. The van der Waals surface area contributed by atoms with Gasteiger partial charge >= 0.3 is 0 Å². The molecule has 2 nitrogen and oxygen atoms in total. The molecule has 0 heterocycles. The summed E-state index contributed by atoms with van der Waals surface area (Å²) in [5.74, 6) is 0.744. The Bertz CT molecular complexity index is 638. The third kappa shape index (κ3) is 3.32. The molecule has 1 saturated carbocycles. The van der Waals surface area contributed by atoms with Gasteiger partial charge in [-0.3, -0.25) is 0 Å². The molecule has 2 atom stereocenters. The number of benzene rings is 2. The molecule has 1 N–H and O–H groups in total. The Morgan fingerprint density at radius 2 is 1.76 bits per heavy atom. The SMILES string of the molecule is CC(NC(c1ccccc1)C1CC1)c1cccc(C#N)c1. The molecular formula is C19H20N2. The van der Waals surface area contributed by atoms with Gasteiger partial charge in [-0.25, -0.2) is 0 Å². The Labute approximate surface area is 126 Å². The van der Waals surface area contributed by atoms with Gasteiger partial charge in [-0.15, -0.1) is 0 Å². The number of hydrogen-bond acceptors (Lipinski definition) is 2. The van der Waals surface area contributed by atoms with Gasteiger partial charge in [0, 0.05) is 12.1 Å². The zero-order valence-corrected chi connectivity index (χ0v) is 12.3. The molecule has 1 aliphatic carbocycles. The lowest BCUT2D eigenvalue weighted by atomic mass is 9.99. The maximum absolute atomic E-state index is 9.03. The van der Waals surface area contributed by atoms with Crippen molar-refractivity contribution in [2.45, 2.75) is 31.8 Å². The monoisotopic (exact) mass is 276 g/mol. The minimum absolute atomic E-state index is 0.240. The first-order chi connectivity index (χ1) is 10.3. The average molecular weight is 276 g/mol. The first kappa shape index (κ1) is 13.9. The van der Waals surface area contributed by atoms with E-state index >= 15 is 0 Å². The van der Waals surface area contributed by atoms with Crippen molar-refractivity contribution in [3.63, 3.8) is 0 Å². The van der Waals surface area contributed by atoms with Gasteiger partial charge in [0.1, 0.15) is 0 Å². The highest BCUT2D eigenvalue weighted by Gasteiger charge is 2.33. The average Bonchev–Trinajstić information content (AvgIpc) is 3.38. The zero-order valence-electron chi connectivity index (χ0n) is 12.3. The van der Waals surface area contributed by atoms with Crippen LogP contribution < -0.4 is 5.32 Å². The number of nitrogens with zero attached hydrogens (tertiary/aromatic N) is 1. The van der Waals surface area contributed by atoms with Crippen LogP contribution in [-0.2, 0) is 0 Å². The molecular weight excluding hydrogens is 256 g/mol. The predicted molar refractivity (Wildman–Crippen MR) is 84.6 cm³/mol. The quantitative estimate of drug-likeness (QED) is 0.880. The molecule has 0 saturated heterocycles. The smallest absolute Gasteiger partial charge is 0.0991 e. The van der Waals surface area contributed by atoms with Crippen molar-refractivity contribution in [1.29, 1.82) is 5.26 Å². The van der Waals surface area contributed by atoms with Crippen LogP contribution in [0.25, 0.3) is 0 Å². The van der Waals surface area contributed by atoms with Crippen molar-refractivity contribution in [2.75, 3.05) is 0 Å². The van der Waals surface area contributed by atoms with Gasteiger partial charge in [0.15, 0.2) is 0 Å². The van der Waals surface area contributed by atoms with Crippen LogP contribution in [0.1, 0.15) is 48.5 Å². The summed E-state index contributed by atoms with van der Waals surface area (Å²) < 4.78 is 0. The van der Waals surface area contributed by atoms with E-state index in [9.17, 15) is 0 Å². The molecule has 0 radical (unpaired) electrons. The van der Waals surface area contributed by atoms with E-state index in [4.69, 9.17) is 5.26 Å². The van der Waals surface area contributed by atoms with Gasteiger partial charge in [0.25, 0.3) is 0 Å². The Morgan fingerprint density at radius 3 is 2.43 bits per heavy atom. The van der Waals surface area contributed by atoms with E-state index in [-0.39, 0.29) is 6.04 Å². The fourth-order valence-electron chi connectivity index (χ4n) is 2.84. The van der Waals surface area contributed by atoms with E-state index in [1.54, 1.807) is 0 Å². The summed E-state index contributed by atoms with van der Waals surface area (Å²) in [5.41, 5.74) is 3.27. The molecule has 2 heteroatoms. The molecule has 0 aromatic heterocycles. The van der Waals surface area contributed by atoms with E-state index in [1.165, 1.54) is 24.0 Å². The third-order valence-corrected chi connectivity index (χ3v) is 4.20. The Hall–Kier alpha value is -2.11. The number of hydrogen-bond donors (Lipinski definition) is 1. The third-order valence-electron chi connectivity index (χ3n) is 4.20. The highest BCUT2D eigenvalue weighted by molar-refractivity contribution is 5.34. The van der Waals surface area contributed by atoms with E-state index in [0.717, 1.165) is 11.5 Å². The Morgan fingerprint density at radius 1 is 1.05 bits per heavy atom. The number of rotatable bonds is 5. The van der Waals surface area contributed by atoms with Crippen LogP contribution in [0, 0.1) is 17.2 Å². The van der Waals surface area contributed by atoms with Crippen LogP contribution in [0.4, 0.5) is 0 Å². The van der Waals surface area contributed by atoms with Gasteiger partial charge in [0.2, 0.25) is 0 Å². The van der Waals surface area contributed by atoms with Gasteiger partial charge in [0.05, 0.1) is 11.6 Å². The summed E-state index contributed by atoms with van der Waals surface area (Å²) >= 11 is 0. The van der Waals surface area contributed by atoms with Crippen LogP contribution in [0.2, 0.25) is 0 Å². The predicted octanol–water partition coefficient (Wildman–Crippen LogP) is 4.36. The summed E-state index contributed by atoms with van der Waals surface area (Å²) in [6, 6.07) is 21.4. The minimum atomic E-state index is 0.240. The number of nitriles is 1. The molecule has 1 fully saturated rings. The molecule has 0 amide bonds. The van der Waals surface area contributed by atoms with Crippen molar-refractivity contribution in [2.24, 2.45) is 5.92 Å². The van der Waals surface area contributed by atoms with Gasteiger partial charge in [-0.1, -0.05) is 42.5 Å². The van der Waals surface area contributed by atoms with E-state index < -0.39 is 0 Å². The highest BCUT2D eigenvalue weighted by Crippen LogP contribution is 2.42. The van der Waals surface area contributed by atoms with E-state index in [0.29, 0.717) is 6.04 Å². The summed E-state index contributed by atoms with van der Waals surface area (Å²) in [5, 5.41) is 12.8. The van der Waals surface area contributed by atoms with E-state index in [2.05, 4.69) is 54.7 Å². The van der Waals surface area contributed by atoms with Gasteiger partial charge in [-0.05, 0) is 48.9 Å².